The van der Waals surface area contributed by atoms with Crippen LogP contribution < -0.4 is 4.90 Å². The summed E-state index contributed by atoms with van der Waals surface area (Å²) < 4.78 is 0. The Morgan fingerprint density at radius 3 is 1.79 bits per heavy atom. The van der Waals surface area contributed by atoms with Crippen molar-refractivity contribution in [1.29, 1.82) is 0 Å². The molecule has 0 atom stereocenters. The van der Waals surface area contributed by atoms with Crippen LogP contribution in [0.3, 0.4) is 0 Å². The predicted molar refractivity (Wildman–Crippen MR) is 104 cm³/mol. The first-order chi connectivity index (χ1) is 11.7. The Balaban J connectivity index is 1.93. The maximum Gasteiger partial charge on any atom is 0.0361 e. The standard InChI is InChI=1S/C23H25N/c1-4-5-6-9-20-12-14-21(15-13-20)10-7-8-11-22-16-18-23(19-17-22)24(2)3/h12-19H,4-6,9H2,1-3H3. The number of unbranched alkanes of at least 4 members (excludes halogenated alkanes) is 2. The minimum atomic E-state index is 0.987. The van der Waals surface area contributed by atoms with Gasteiger partial charge in [-0.25, -0.2) is 0 Å². The van der Waals surface area contributed by atoms with Gasteiger partial charge in [0.05, 0.1) is 0 Å². The number of hydrogen-bond acceptors (Lipinski definition) is 1. The highest BCUT2D eigenvalue weighted by Crippen LogP contribution is 2.11. The molecule has 2 aromatic rings. The molecule has 0 amide bonds. The first kappa shape index (κ1) is 17.7. The second kappa shape index (κ2) is 9.49. The van der Waals surface area contributed by atoms with E-state index in [1.807, 2.05) is 26.2 Å². The third-order valence-electron chi connectivity index (χ3n) is 3.88. The van der Waals surface area contributed by atoms with Gasteiger partial charge in [-0.05, 0) is 66.6 Å². The van der Waals surface area contributed by atoms with Crippen molar-refractivity contribution in [2.45, 2.75) is 32.6 Å². The van der Waals surface area contributed by atoms with E-state index in [0.717, 1.165) is 17.5 Å². The van der Waals surface area contributed by atoms with Crippen LogP contribution >= 0.6 is 0 Å². The predicted octanol–water partition coefficient (Wildman–Crippen LogP) is 4.89. The lowest BCUT2D eigenvalue weighted by Crippen LogP contribution is -2.07. The van der Waals surface area contributed by atoms with E-state index >= 15 is 0 Å². The summed E-state index contributed by atoms with van der Waals surface area (Å²) in [5, 5.41) is 0. The Hall–Kier alpha value is -2.64. The highest BCUT2D eigenvalue weighted by atomic mass is 15.1. The van der Waals surface area contributed by atoms with E-state index in [1.54, 1.807) is 0 Å². The summed E-state index contributed by atoms with van der Waals surface area (Å²) in [6.45, 7) is 2.23. The van der Waals surface area contributed by atoms with Crippen molar-refractivity contribution in [3.63, 3.8) is 0 Å². The molecule has 2 rings (SSSR count). The normalized spacial score (nSPS) is 9.46. The number of aryl methyl sites for hydroxylation is 1. The summed E-state index contributed by atoms with van der Waals surface area (Å²) in [5.74, 6) is 12.1. The summed E-state index contributed by atoms with van der Waals surface area (Å²) >= 11 is 0. The molecule has 0 saturated carbocycles. The van der Waals surface area contributed by atoms with E-state index in [0.29, 0.717) is 0 Å². The quantitative estimate of drug-likeness (QED) is 0.561. The lowest BCUT2D eigenvalue weighted by Gasteiger charge is -2.11. The molecule has 0 heterocycles. The Labute approximate surface area is 146 Å². The molecule has 0 aromatic heterocycles. The van der Waals surface area contributed by atoms with Gasteiger partial charge in [0.2, 0.25) is 0 Å². The van der Waals surface area contributed by atoms with Crippen LogP contribution in [-0.4, -0.2) is 14.1 Å². The van der Waals surface area contributed by atoms with Gasteiger partial charge in [-0.2, -0.15) is 0 Å². The van der Waals surface area contributed by atoms with Crippen molar-refractivity contribution >= 4 is 5.69 Å². The Bertz CT molecular complexity index is 744. The van der Waals surface area contributed by atoms with E-state index in [2.05, 4.69) is 71.9 Å². The average molecular weight is 315 g/mol. The zero-order valence-electron chi connectivity index (χ0n) is 14.9. The number of nitrogens with zero attached hydrogens (tertiary/aromatic N) is 1. The fraction of sp³-hybridized carbons (Fsp3) is 0.304. The summed E-state index contributed by atoms with van der Waals surface area (Å²) in [6.07, 6.45) is 4.98. The van der Waals surface area contributed by atoms with Gasteiger partial charge in [-0.3, -0.25) is 0 Å². The van der Waals surface area contributed by atoms with E-state index in [4.69, 9.17) is 0 Å². The zero-order valence-corrected chi connectivity index (χ0v) is 14.9. The highest BCUT2D eigenvalue weighted by molar-refractivity contribution is 5.51. The van der Waals surface area contributed by atoms with Gasteiger partial charge in [-0.1, -0.05) is 43.7 Å². The monoisotopic (exact) mass is 315 g/mol. The minimum absolute atomic E-state index is 0.987. The van der Waals surface area contributed by atoms with Gasteiger partial charge in [0, 0.05) is 30.9 Å². The third-order valence-corrected chi connectivity index (χ3v) is 3.88. The van der Waals surface area contributed by atoms with E-state index in [9.17, 15) is 0 Å². The summed E-state index contributed by atoms with van der Waals surface area (Å²) in [4.78, 5) is 2.07. The van der Waals surface area contributed by atoms with Crippen molar-refractivity contribution < 1.29 is 0 Å². The van der Waals surface area contributed by atoms with Crippen molar-refractivity contribution in [3.8, 4) is 23.7 Å². The molecule has 0 bridgehead atoms. The van der Waals surface area contributed by atoms with Gasteiger partial charge >= 0.3 is 0 Å². The van der Waals surface area contributed by atoms with Crippen molar-refractivity contribution in [3.05, 3.63) is 65.2 Å². The summed E-state index contributed by atoms with van der Waals surface area (Å²) in [6, 6.07) is 16.7. The lowest BCUT2D eigenvalue weighted by atomic mass is 10.1. The van der Waals surface area contributed by atoms with Gasteiger partial charge in [0.25, 0.3) is 0 Å². The molecule has 0 saturated heterocycles. The number of anilines is 1. The van der Waals surface area contributed by atoms with Crippen LogP contribution in [0.5, 0.6) is 0 Å². The molecule has 1 nitrogen and oxygen atoms in total. The number of rotatable bonds is 5. The summed E-state index contributed by atoms with van der Waals surface area (Å²) in [7, 11) is 4.06. The zero-order chi connectivity index (χ0) is 17.2. The Kier molecular flexibility index (Phi) is 7.00. The molecule has 0 spiro atoms. The molecule has 1 heteroatoms. The molecule has 0 aliphatic carbocycles. The van der Waals surface area contributed by atoms with Crippen LogP contribution in [0.15, 0.2) is 48.5 Å². The number of hydrogen-bond donors (Lipinski definition) is 0. The van der Waals surface area contributed by atoms with Crippen LogP contribution in [0.4, 0.5) is 5.69 Å². The summed E-state index contributed by atoms with van der Waals surface area (Å²) in [5.41, 5.74) is 4.57. The van der Waals surface area contributed by atoms with Gasteiger partial charge in [0.1, 0.15) is 0 Å². The Morgan fingerprint density at radius 2 is 1.29 bits per heavy atom. The highest BCUT2D eigenvalue weighted by Gasteiger charge is 1.94. The fourth-order valence-electron chi connectivity index (χ4n) is 2.38. The van der Waals surface area contributed by atoms with E-state index in [-0.39, 0.29) is 0 Å². The molecule has 122 valence electrons. The molecule has 0 N–H and O–H groups in total. The van der Waals surface area contributed by atoms with Gasteiger partial charge in [-0.15, -0.1) is 0 Å². The molecule has 0 unspecified atom stereocenters. The second-order valence-electron chi connectivity index (χ2n) is 6.10. The SMILES string of the molecule is CCCCCc1ccc(C#CC#Cc2ccc(N(C)C)cc2)cc1. The van der Waals surface area contributed by atoms with Crippen molar-refractivity contribution in [1.82, 2.24) is 0 Å². The molecule has 0 radical (unpaired) electrons. The van der Waals surface area contributed by atoms with Gasteiger partial charge in [0.15, 0.2) is 0 Å². The second-order valence-corrected chi connectivity index (χ2v) is 6.10. The van der Waals surface area contributed by atoms with Crippen LogP contribution in [0.2, 0.25) is 0 Å². The average Bonchev–Trinajstić information content (AvgIpc) is 2.60. The van der Waals surface area contributed by atoms with E-state index < -0.39 is 0 Å². The molecule has 0 fully saturated rings. The maximum atomic E-state index is 3.11. The van der Waals surface area contributed by atoms with E-state index in [1.165, 1.54) is 30.5 Å². The van der Waals surface area contributed by atoms with Gasteiger partial charge < -0.3 is 4.90 Å². The van der Waals surface area contributed by atoms with Crippen LogP contribution in [-0.2, 0) is 6.42 Å². The molecule has 0 aliphatic rings. The number of benzene rings is 2. The van der Waals surface area contributed by atoms with Crippen LogP contribution in [0.1, 0.15) is 42.9 Å². The maximum absolute atomic E-state index is 3.11. The molecular weight excluding hydrogens is 290 g/mol. The fourth-order valence-corrected chi connectivity index (χ4v) is 2.38. The topological polar surface area (TPSA) is 3.24 Å². The van der Waals surface area contributed by atoms with Crippen LogP contribution in [0, 0.1) is 23.7 Å². The van der Waals surface area contributed by atoms with Crippen LogP contribution in [0.25, 0.3) is 0 Å². The van der Waals surface area contributed by atoms with Crippen molar-refractivity contribution in [2.75, 3.05) is 19.0 Å². The molecule has 0 aliphatic heterocycles. The third kappa shape index (κ3) is 5.86. The Morgan fingerprint density at radius 1 is 0.750 bits per heavy atom. The first-order valence-electron chi connectivity index (χ1n) is 8.57. The van der Waals surface area contributed by atoms with Crippen molar-refractivity contribution in [2.24, 2.45) is 0 Å². The molecule has 2 aromatic carbocycles. The molecular formula is C23H25N. The minimum Gasteiger partial charge on any atom is -0.378 e. The smallest absolute Gasteiger partial charge is 0.0361 e. The molecule has 24 heavy (non-hydrogen) atoms. The first-order valence-corrected chi connectivity index (χ1v) is 8.57. The lowest BCUT2D eigenvalue weighted by molar-refractivity contribution is 0.717. The largest absolute Gasteiger partial charge is 0.378 e.